The number of methoxy groups -OCH3 is 1. The van der Waals surface area contributed by atoms with Gasteiger partial charge in [-0.15, -0.1) is 12.4 Å². The molecule has 0 bridgehead atoms. The number of pyridine rings is 1. The molecule has 0 atom stereocenters. The molecule has 0 spiro atoms. The molecule has 4 aromatic rings. The first-order valence-electron chi connectivity index (χ1n) is 7.38. The minimum Gasteiger partial charge on any atom is -0.497 e. The number of fused-ring (bicyclic) bond motifs is 1. The van der Waals surface area contributed by atoms with Gasteiger partial charge in [0, 0.05) is 23.3 Å². The second-order valence-corrected chi connectivity index (χ2v) is 5.25. The van der Waals surface area contributed by atoms with Crippen molar-refractivity contribution in [2.75, 3.05) is 7.11 Å². The lowest BCUT2D eigenvalue weighted by atomic mass is 10.1. The Morgan fingerprint density at radius 1 is 1.00 bits per heavy atom. The van der Waals surface area contributed by atoms with Gasteiger partial charge in [-0.3, -0.25) is 4.57 Å². The molecule has 0 saturated heterocycles. The fourth-order valence-corrected chi connectivity index (χ4v) is 2.67. The molecule has 0 saturated carbocycles. The van der Waals surface area contributed by atoms with Gasteiger partial charge in [-0.05, 0) is 35.7 Å². The van der Waals surface area contributed by atoms with Gasteiger partial charge in [0.2, 0.25) is 0 Å². The SMILES string of the molecule is COc1ccc(-c2cc3ccccc3c(-n3ccnc3)n2)cc1.Cl. The van der Waals surface area contributed by atoms with Gasteiger partial charge >= 0.3 is 0 Å². The third-order valence-electron chi connectivity index (χ3n) is 3.86. The average Bonchev–Trinajstić information content (AvgIpc) is 3.15. The van der Waals surface area contributed by atoms with Crippen LogP contribution in [0.5, 0.6) is 5.75 Å². The van der Waals surface area contributed by atoms with Crippen molar-refractivity contribution in [3.63, 3.8) is 0 Å². The van der Waals surface area contributed by atoms with Crippen molar-refractivity contribution in [1.82, 2.24) is 14.5 Å². The summed E-state index contributed by atoms with van der Waals surface area (Å²) in [4.78, 5) is 8.99. The molecule has 0 radical (unpaired) electrons. The van der Waals surface area contributed by atoms with Crippen molar-refractivity contribution in [2.45, 2.75) is 0 Å². The number of nitrogens with zero attached hydrogens (tertiary/aromatic N) is 3. The van der Waals surface area contributed by atoms with Crippen LogP contribution in [0, 0.1) is 0 Å². The Balaban J connectivity index is 0.00000169. The van der Waals surface area contributed by atoms with Gasteiger partial charge in [0.25, 0.3) is 0 Å². The zero-order valence-electron chi connectivity index (χ0n) is 13.1. The summed E-state index contributed by atoms with van der Waals surface area (Å²) in [6.45, 7) is 0. The second kappa shape index (κ2) is 6.72. The molecule has 0 aliphatic rings. The van der Waals surface area contributed by atoms with Gasteiger partial charge in [0.05, 0.1) is 12.8 Å². The molecule has 4 nitrogen and oxygen atoms in total. The van der Waals surface area contributed by atoms with Gasteiger partial charge < -0.3 is 4.74 Å². The average molecular weight is 338 g/mol. The summed E-state index contributed by atoms with van der Waals surface area (Å²) >= 11 is 0. The number of benzene rings is 2. The van der Waals surface area contributed by atoms with Crippen molar-refractivity contribution < 1.29 is 4.74 Å². The summed E-state index contributed by atoms with van der Waals surface area (Å²) in [6, 6.07) is 18.3. The monoisotopic (exact) mass is 337 g/mol. The maximum absolute atomic E-state index is 5.23. The van der Waals surface area contributed by atoms with E-state index in [-0.39, 0.29) is 12.4 Å². The maximum atomic E-state index is 5.23. The van der Waals surface area contributed by atoms with Gasteiger partial charge in [-0.25, -0.2) is 9.97 Å². The number of halogens is 1. The molecule has 2 aromatic carbocycles. The Labute approximate surface area is 146 Å². The lowest BCUT2D eigenvalue weighted by Crippen LogP contribution is -1.98. The predicted molar refractivity (Wildman–Crippen MR) is 98.1 cm³/mol. The van der Waals surface area contributed by atoms with Crippen LogP contribution < -0.4 is 4.74 Å². The molecule has 5 heteroatoms. The summed E-state index contributed by atoms with van der Waals surface area (Å²) in [6.07, 6.45) is 5.44. The first kappa shape index (κ1) is 16.0. The van der Waals surface area contributed by atoms with Crippen LogP contribution in [0.4, 0.5) is 0 Å². The standard InChI is InChI=1S/C19H15N3O.ClH/c1-23-16-8-6-14(7-9-16)18-12-15-4-2-3-5-17(15)19(21-18)22-11-10-20-13-22;/h2-13H,1H3;1H. The largest absolute Gasteiger partial charge is 0.497 e. The maximum Gasteiger partial charge on any atom is 0.146 e. The number of hydrogen-bond acceptors (Lipinski definition) is 3. The Morgan fingerprint density at radius 2 is 1.79 bits per heavy atom. The summed E-state index contributed by atoms with van der Waals surface area (Å²) < 4.78 is 7.16. The van der Waals surface area contributed by atoms with E-state index in [4.69, 9.17) is 9.72 Å². The molecule has 0 amide bonds. The minimum absolute atomic E-state index is 0. The Bertz CT molecular complexity index is 950. The van der Waals surface area contributed by atoms with Crippen molar-refractivity contribution >= 4 is 23.2 Å². The molecule has 120 valence electrons. The lowest BCUT2D eigenvalue weighted by molar-refractivity contribution is 0.415. The van der Waals surface area contributed by atoms with Crippen molar-refractivity contribution in [3.05, 3.63) is 73.3 Å². The predicted octanol–water partition coefficient (Wildman–Crippen LogP) is 4.52. The molecule has 0 N–H and O–H groups in total. The molecule has 0 aliphatic heterocycles. The zero-order valence-corrected chi connectivity index (χ0v) is 13.9. The summed E-state index contributed by atoms with van der Waals surface area (Å²) in [5.41, 5.74) is 1.98. The summed E-state index contributed by atoms with van der Waals surface area (Å²) in [5.74, 6) is 1.72. The van der Waals surface area contributed by atoms with Gasteiger partial charge in [-0.1, -0.05) is 24.3 Å². The smallest absolute Gasteiger partial charge is 0.146 e. The Morgan fingerprint density at radius 3 is 2.50 bits per heavy atom. The topological polar surface area (TPSA) is 39.9 Å². The molecule has 2 heterocycles. The van der Waals surface area contributed by atoms with Crippen molar-refractivity contribution in [3.8, 4) is 22.8 Å². The van der Waals surface area contributed by atoms with Crippen LogP contribution in [0.3, 0.4) is 0 Å². The molecule has 0 unspecified atom stereocenters. The molecule has 2 aromatic heterocycles. The van der Waals surface area contributed by atoms with E-state index < -0.39 is 0 Å². The highest BCUT2D eigenvalue weighted by Crippen LogP contribution is 2.28. The van der Waals surface area contributed by atoms with Crippen LogP contribution in [-0.4, -0.2) is 21.6 Å². The number of rotatable bonds is 3. The van der Waals surface area contributed by atoms with E-state index >= 15 is 0 Å². The lowest BCUT2D eigenvalue weighted by Gasteiger charge is -2.10. The van der Waals surface area contributed by atoms with E-state index in [1.54, 1.807) is 19.6 Å². The molecule has 0 aliphatic carbocycles. The summed E-state index contributed by atoms with van der Waals surface area (Å²) in [5, 5.41) is 2.25. The summed E-state index contributed by atoms with van der Waals surface area (Å²) in [7, 11) is 1.67. The first-order valence-corrected chi connectivity index (χ1v) is 7.38. The van der Waals surface area contributed by atoms with Crippen LogP contribution in [-0.2, 0) is 0 Å². The van der Waals surface area contributed by atoms with E-state index in [1.807, 2.05) is 47.2 Å². The van der Waals surface area contributed by atoms with Crippen LogP contribution in [0.15, 0.2) is 73.3 Å². The normalized spacial score (nSPS) is 10.4. The second-order valence-electron chi connectivity index (χ2n) is 5.25. The van der Waals surface area contributed by atoms with Gasteiger partial charge in [-0.2, -0.15) is 0 Å². The number of aromatic nitrogens is 3. The van der Waals surface area contributed by atoms with E-state index in [2.05, 4.69) is 23.2 Å². The van der Waals surface area contributed by atoms with Crippen LogP contribution >= 0.6 is 12.4 Å². The number of imidazole rings is 1. The van der Waals surface area contributed by atoms with Gasteiger partial charge in [0.15, 0.2) is 0 Å². The van der Waals surface area contributed by atoms with E-state index in [1.165, 1.54) is 0 Å². The van der Waals surface area contributed by atoms with E-state index in [9.17, 15) is 0 Å². The van der Waals surface area contributed by atoms with E-state index in [0.717, 1.165) is 33.6 Å². The van der Waals surface area contributed by atoms with Gasteiger partial charge in [0.1, 0.15) is 17.9 Å². The Kier molecular flexibility index (Phi) is 4.49. The highest BCUT2D eigenvalue weighted by atomic mass is 35.5. The zero-order chi connectivity index (χ0) is 15.6. The fraction of sp³-hybridized carbons (Fsp3) is 0.0526. The number of hydrogen-bond donors (Lipinski definition) is 0. The minimum atomic E-state index is 0. The van der Waals surface area contributed by atoms with Crippen LogP contribution in [0.2, 0.25) is 0 Å². The molecular formula is C19H16ClN3O. The highest BCUT2D eigenvalue weighted by Gasteiger charge is 2.09. The molecule has 24 heavy (non-hydrogen) atoms. The molecular weight excluding hydrogens is 322 g/mol. The van der Waals surface area contributed by atoms with Crippen molar-refractivity contribution in [2.24, 2.45) is 0 Å². The molecule has 4 rings (SSSR count). The molecule has 0 fully saturated rings. The van der Waals surface area contributed by atoms with Crippen LogP contribution in [0.1, 0.15) is 0 Å². The Hall–Kier alpha value is -2.85. The third-order valence-corrected chi connectivity index (χ3v) is 3.86. The van der Waals surface area contributed by atoms with E-state index in [0.29, 0.717) is 0 Å². The quantitative estimate of drug-likeness (QED) is 0.552. The number of ether oxygens (including phenoxy) is 1. The first-order chi connectivity index (χ1) is 11.3. The highest BCUT2D eigenvalue weighted by molar-refractivity contribution is 5.91. The fourth-order valence-electron chi connectivity index (χ4n) is 2.67. The van der Waals surface area contributed by atoms with Crippen LogP contribution in [0.25, 0.3) is 27.8 Å². The third kappa shape index (κ3) is 2.84. The van der Waals surface area contributed by atoms with Crippen molar-refractivity contribution in [1.29, 1.82) is 0 Å².